The van der Waals surface area contributed by atoms with Gasteiger partial charge in [-0.3, -0.25) is 0 Å². The molecule has 0 amide bonds. The predicted molar refractivity (Wildman–Crippen MR) is 102 cm³/mol. The van der Waals surface area contributed by atoms with Crippen molar-refractivity contribution in [3.63, 3.8) is 0 Å². The number of hydrogen-bond donors (Lipinski definition) is 4. The number of benzene rings is 2. The standard InChI is InChI=1S/C18H17ClFN5O/c19-14-5-4-11(10-2-1-3-13(20)7-10)6-12(14)9-26-15-8-16(21)24-18(25-23)17(15)22/h1-8H,9,22-23H2,(H3,21,24,25). The van der Waals surface area contributed by atoms with E-state index in [2.05, 4.69) is 10.4 Å². The predicted octanol–water partition coefficient (Wildman–Crippen LogP) is 3.57. The summed E-state index contributed by atoms with van der Waals surface area (Å²) in [5.74, 6) is 5.82. The fraction of sp³-hybridized carbons (Fsp3) is 0.0556. The molecule has 26 heavy (non-hydrogen) atoms. The van der Waals surface area contributed by atoms with Gasteiger partial charge in [-0.2, -0.15) is 0 Å². The van der Waals surface area contributed by atoms with E-state index >= 15 is 0 Å². The fourth-order valence-corrected chi connectivity index (χ4v) is 2.64. The monoisotopic (exact) mass is 373 g/mol. The number of anilines is 3. The van der Waals surface area contributed by atoms with Crippen LogP contribution in [-0.2, 0) is 6.61 Å². The second-order valence-corrected chi connectivity index (χ2v) is 5.96. The van der Waals surface area contributed by atoms with Crippen molar-refractivity contribution in [3.8, 4) is 16.9 Å². The van der Waals surface area contributed by atoms with Crippen LogP contribution in [0.15, 0.2) is 48.5 Å². The van der Waals surface area contributed by atoms with Gasteiger partial charge in [-0.25, -0.2) is 15.2 Å². The smallest absolute Gasteiger partial charge is 0.169 e. The van der Waals surface area contributed by atoms with Gasteiger partial charge < -0.3 is 21.6 Å². The van der Waals surface area contributed by atoms with Crippen LogP contribution in [0.4, 0.5) is 21.7 Å². The van der Waals surface area contributed by atoms with E-state index in [9.17, 15) is 4.39 Å². The molecule has 0 aliphatic heterocycles. The second kappa shape index (κ2) is 7.47. The summed E-state index contributed by atoms with van der Waals surface area (Å²) in [4.78, 5) is 3.96. The molecule has 3 aromatic rings. The van der Waals surface area contributed by atoms with Gasteiger partial charge in [-0.1, -0.05) is 29.8 Å². The van der Waals surface area contributed by atoms with E-state index in [1.807, 2.05) is 18.2 Å². The number of hydrazine groups is 1. The average Bonchev–Trinajstić information content (AvgIpc) is 2.63. The minimum atomic E-state index is -0.308. The van der Waals surface area contributed by atoms with E-state index < -0.39 is 0 Å². The summed E-state index contributed by atoms with van der Waals surface area (Å²) >= 11 is 6.26. The highest BCUT2D eigenvalue weighted by Gasteiger charge is 2.11. The van der Waals surface area contributed by atoms with Crippen LogP contribution < -0.4 is 27.5 Å². The van der Waals surface area contributed by atoms with Crippen LogP contribution in [0.1, 0.15) is 5.56 Å². The Kier molecular flexibility index (Phi) is 5.11. The highest BCUT2D eigenvalue weighted by atomic mass is 35.5. The molecule has 1 heterocycles. The lowest BCUT2D eigenvalue weighted by atomic mass is 10.0. The van der Waals surface area contributed by atoms with Crippen LogP contribution >= 0.6 is 11.6 Å². The molecule has 6 nitrogen and oxygen atoms in total. The summed E-state index contributed by atoms with van der Waals surface area (Å²) in [6.07, 6.45) is 0. The molecule has 0 aliphatic carbocycles. The number of hydrogen-bond acceptors (Lipinski definition) is 6. The number of nitrogens with zero attached hydrogens (tertiary/aromatic N) is 1. The van der Waals surface area contributed by atoms with Gasteiger partial charge in [0.25, 0.3) is 0 Å². The maximum Gasteiger partial charge on any atom is 0.169 e. The van der Waals surface area contributed by atoms with E-state index in [0.717, 1.165) is 11.1 Å². The van der Waals surface area contributed by atoms with Crippen molar-refractivity contribution in [2.24, 2.45) is 5.84 Å². The quantitative estimate of drug-likeness (QED) is 0.402. The highest BCUT2D eigenvalue weighted by molar-refractivity contribution is 6.31. The zero-order chi connectivity index (χ0) is 18.7. The Hall–Kier alpha value is -3.03. The van der Waals surface area contributed by atoms with Gasteiger partial charge >= 0.3 is 0 Å². The maximum absolute atomic E-state index is 13.5. The van der Waals surface area contributed by atoms with Crippen molar-refractivity contribution >= 4 is 28.9 Å². The summed E-state index contributed by atoms with van der Waals surface area (Å²) < 4.78 is 19.2. The van der Waals surface area contributed by atoms with Crippen molar-refractivity contribution in [1.29, 1.82) is 0 Å². The van der Waals surface area contributed by atoms with Crippen molar-refractivity contribution in [2.45, 2.75) is 6.61 Å². The van der Waals surface area contributed by atoms with Crippen molar-refractivity contribution in [3.05, 3.63) is 64.9 Å². The molecule has 0 bridgehead atoms. The third-order valence-electron chi connectivity index (χ3n) is 3.76. The summed E-state index contributed by atoms with van der Waals surface area (Å²) in [6, 6.07) is 13.2. The molecule has 0 aliphatic rings. The maximum atomic E-state index is 13.5. The molecule has 3 rings (SSSR count). The molecule has 7 N–H and O–H groups in total. The minimum Gasteiger partial charge on any atom is -0.486 e. The number of aromatic nitrogens is 1. The largest absolute Gasteiger partial charge is 0.486 e. The van der Waals surface area contributed by atoms with E-state index in [0.29, 0.717) is 16.3 Å². The Labute approximate surface area is 154 Å². The lowest BCUT2D eigenvalue weighted by molar-refractivity contribution is 0.308. The highest BCUT2D eigenvalue weighted by Crippen LogP contribution is 2.32. The summed E-state index contributed by atoms with van der Waals surface area (Å²) in [7, 11) is 0. The fourth-order valence-electron chi connectivity index (χ4n) is 2.47. The molecule has 0 unspecified atom stereocenters. The normalized spacial score (nSPS) is 10.6. The molecular formula is C18H17ClFN5O. The van der Waals surface area contributed by atoms with E-state index in [4.69, 9.17) is 33.6 Å². The molecule has 0 spiro atoms. The van der Waals surface area contributed by atoms with E-state index in [1.54, 1.807) is 12.1 Å². The molecule has 0 fully saturated rings. The average molecular weight is 374 g/mol. The Morgan fingerprint density at radius 2 is 1.85 bits per heavy atom. The second-order valence-electron chi connectivity index (χ2n) is 5.56. The number of pyridine rings is 1. The van der Waals surface area contributed by atoms with Gasteiger partial charge in [0.2, 0.25) is 0 Å². The summed E-state index contributed by atoms with van der Waals surface area (Å²) in [6.45, 7) is 0.139. The van der Waals surface area contributed by atoms with Crippen LogP contribution in [0.5, 0.6) is 5.75 Å². The van der Waals surface area contributed by atoms with Gasteiger partial charge in [0, 0.05) is 16.7 Å². The molecule has 1 aromatic heterocycles. The minimum absolute atomic E-state index is 0.139. The van der Waals surface area contributed by atoms with Gasteiger partial charge in [0.15, 0.2) is 5.82 Å². The molecule has 0 radical (unpaired) electrons. The number of nitrogens with two attached hydrogens (primary N) is 3. The molecule has 0 saturated heterocycles. The first-order chi connectivity index (χ1) is 12.5. The Morgan fingerprint density at radius 3 is 2.58 bits per heavy atom. The van der Waals surface area contributed by atoms with Crippen molar-refractivity contribution in [1.82, 2.24) is 4.98 Å². The van der Waals surface area contributed by atoms with Crippen LogP contribution in [0.2, 0.25) is 5.02 Å². The van der Waals surface area contributed by atoms with Gasteiger partial charge in [-0.05, 0) is 35.4 Å². The molecule has 0 saturated carbocycles. The van der Waals surface area contributed by atoms with Crippen molar-refractivity contribution < 1.29 is 9.13 Å². The summed E-state index contributed by atoms with van der Waals surface area (Å²) in [5.41, 5.74) is 16.5. The van der Waals surface area contributed by atoms with Crippen LogP contribution in [0.3, 0.4) is 0 Å². The number of ether oxygens (including phenoxy) is 1. The molecule has 8 heteroatoms. The molecule has 0 atom stereocenters. The first-order valence-corrected chi connectivity index (χ1v) is 8.05. The van der Waals surface area contributed by atoms with Crippen molar-refractivity contribution in [2.75, 3.05) is 16.9 Å². The zero-order valence-corrected chi connectivity index (χ0v) is 14.4. The molecular weight excluding hydrogens is 357 g/mol. The first kappa shape index (κ1) is 17.8. The van der Waals surface area contributed by atoms with Crippen LogP contribution in [-0.4, -0.2) is 4.98 Å². The number of nitrogens with one attached hydrogen (secondary N) is 1. The Bertz CT molecular complexity index is 951. The number of halogens is 2. The zero-order valence-electron chi connectivity index (χ0n) is 13.7. The van der Waals surface area contributed by atoms with Crippen LogP contribution in [0, 0.1) is 5.82 Å². The third-order valence-corrected chi connectivity index (χ3v) is 4.13. The topological polar surface area (TPSA) is 112 Å². The molecule has 134 valence electrons. The lowest BCUT2D eigenvalue weighted by Gasteiger charge is -2.14. The number of rotatable bonds is 5. The first-order valence-electron chi connectivity index (χ1n) is 7.67. The Morgan fingerprint density at radius 1 is 1.08 bits per heavy atom. The number of nitrogen functional groups attached to an aromatic ring is 3. The summed E-state index contributed by atoms with van der Waals surface area (Å²) in [5, 5.41) is 0.517. The lowest BCUT2D eigenvalue weighted by Crippen LogP contribution is -2.13. The molecule has 2 aromatic carbocycles. The Balaban J connectivity index is 1.87. The van der Waals surface area contributed by atoms with Gasteiger partial charge in [-0.15, -0.1) is 0 Å². The van der Waals surface area contributed by atoms with Crippen LogP contribution in [0.25, 0.3) is 11.1 Å². The third kappa shape index (κ3) is 3.79. The van der Waals surface area contributed by atoms with Gasteiger partial charge in [0.05, 0.1) is 0 Å². The SMILES string of the molecule is NNc1nc(N)cc(OCc2cc(-c3cccc(F)c3)ccc2Cl)c1N. The van der Waals surface area contributed by atoms with Gasteiger partial charge in [0.1, 0.15) is 29.7 Å². The van der Waals surface area contributed by atoms with E-state index in [-0.39, 0.29) is 29.7 Å². The van der Waals surface area contributed by atoms with E-state index in [1.165, 1.54) is 18.2 Å².